The number of benzene rings is 1. The number of rotatable bonds is 8. The first-order valence-corrected chi connectivity index (χ1v) is 13.0. The molecule has 2 heterocycles. The average molecular weight is 511 g/mol. The zero-order chi connectivity index (χ0) is 25.2. The Morgan fingerprint density at radius 1 is 1.26 bits per heavy atom. The first-order chi connectivity index (χ1) is 17.0. The van der Waals surface area contributed by atoms with E-state index in [1.807, 2.05) is 17.8 Å². The second-order valence-electron chi connectivity index (χ2n) is 7.50. The number of terminal acetylenes is 1. The monoisotopic (exact) mass is 510 g/mol. The van der Waals surface area contributed by atoms with Gasteiger partial charge in [-0.05, 0) is 25.1 Å². The minimum absolute atomic E-state index is 0.0176. The van der Waals surface area contributed by atoms with Crippen molar-refractivity contribution in [1.82, 2.24) is 14.8 Å². The summed E-state index contributed by atoms with van der Waals surface area (Å²) in [6.07, 6.45) is 6.70. The fourth-order valence-corrected chi connectivity index (χ4v) is 5.47. The van der Waals surface area contributed by atoms with Crippen LogP contribution in [0.4, 0.5) is 11.4 Å². The van der Waals surface area contributed by atoms with Gasteiger partial charge in [-0.15, -0.1) is 17.8 Å². The largest absolute Gasteiger partial charge is 0.360 e. The Hall–Kier alpha value is -3.51. The highest BCUT2D eigenvalue weighted by molar-refractivity contribution is 7.99. The lowest BCUT2D eigenvalue weighted by Crippen LogP contribution is -2.38. The summed E-state index contributed by atoms with van der Waals surface area (Å²) in [6.45, 7) is 4.20. The number of thioether (sulfide) groups is 1. The molecule has 0 aliphatic carbocycles. The van der Waals surface area contributed by atoms with Crippen LogP contribution in [0.2, 0.25) is 0 Å². The van der Waals surface area contributed by atoms with Gasteiger partial charge in [-0.25, -0.2) is 0 Å². The van der Waals surface area contributed by atoms with Gasteiger partial charge in [0.15, 0.2) is 5.57 Å². The lowest BCUT2D eigenvalue weighted by Gasteiger charge is -2.25. The minimum Gasteiger partial charge on any atom is -0.360 e. The molecule has 0 unspecified atom stereocenters. The Balaban J connectivity index is 1.80. The van der Waals surface area contributed by atoms with Gasteiger partial charge in [-0.3, -0.25) is 23.9 Å². The molecule has 0 saturated carbocycles. The van der Waals surface area contributed by atoms with Crippen molar-refractivity contribution >= 4 is 58.1 Å². The smallest absolute Gasteiger partial charge is 0.270 e. The molecular weight excluding hydrogens is 484 g/mol. The molecule has 3 N–H and O–H groups in total. The molecule has 0 spiro atoms. The number of thiazole rings is 1. The highest BCUT2D eigenvalue weighted by Crippen LogP contribution is 2.15. The van der Waals surface area contributed by atoms with Gasteiger partial charge in [0, 0.05) is 48.7 Å². The molecule has 3 rings (SSSR count). The Bertz CT molecular complexity index is 1340. The molecule has 11 heteroatoms. The summed E-state index contributed by atoms with van der Waals surface area (Å²) in [5.41, 5.74) is 0.830. The number of anilines is 2. The molecule has 0 radical (unpaired) electrons. The van der Waals surface area contributed by atoms with E-state index in [0.29, 0.717) is 29.0 Å². The fourth-order valence-electron chi connectivity index (χ4n) is 3.41. The lowest BCUT2D eigenvalue weighted by atomic mass is 10.2. The first-order valence-electron chi connectivity index (χ1n) is 11.0. The number of amides is 2. The molecule has 0 atom stereocenters. The van der Waals surface area contributed by atoms with Crippen LogP contribution in [0, 0.1) is 23.7 Å². The SMILES string of the molecule is C#CCNC(=O)/C(C#N)=c1\s/c(=C/Nc2cccc(NC(=O)CN3CCSCC3)c2)c(=O)n1CC. The fraction of sp³-hybridized carbons (Fsp3) is 0.333. The summed E-state index contributed by atoms with van der Waals surface area (Å²) in [5.74, 6) is 3.66. The van der Waals surface area contributed by atoms with Crippen LogP contribution in [0.15, 0.2) is 29.1 Å². The number of carbonyl (C=O) groups is 2. The van der Waals surface area contributed by atoms with E-state index in [1.165, 1.54) is 10.8 Å². The Morgan fingerprint density at radius 2 is 2.00 bits per heavy atom. The molecular formula is C24H26N6O3S2. The van der Waals surface area contributed by atoms with E-state index in [-0.39, 0.29) is 28.2 Å². The molecule has 1 aromatic carbocycles. The second-order valence-corrected chi connectivity index (χ2v) is 9.76. The van der Waals surface area contributed by atoms with Gasteiger partial charge in [0.05, 0.1) is 13.1 Å². The number of carbonyl (C=O) groups excluding carboxylic acids is 2. The topological polar surface area (TPSA) is 119 Å². The van der Waals surface area contributed by atoms with E-state index in [1.54, 1.807) is 31.2 Å². The Morgan fingerprint density at radius 3 is 2.69 bits per heavy atom. The maximum absolute atomic E-state index is 12.9. The van der Waals surface area contributed by atoms with Crippen molar-refractivity contribution in [2.75, 3.05) is 48.3 Å². The van der Waals surface area contributed by atoms with Crippen molar-refractivity contribution in [3.05, 3.63) is 43.8 Å². The van der Waals surface area contributed by atoms with E-state index in [4.69, 9.17) is 6.42 Å². The summed E-state index contributed by atoms with van der Waals surface area (Å²) in [7, 11) is 0. The molecule has 9 nitrogen and oxygen atoms in total. The molecule has 1 aromatic heterocycles. The maximum Gasteiger partial charge on any atom is 0.270 e. The molecule has 2 amide bonds. The van der Waals surface area contributed by atoms with Crippen molar-refractivity contribution < 1.29 is 9.59 Å². The van der Waals surface area contributed by atoms with Crippen LogP contribution in [0.3, 0.4) is 0 Å². The van der Waals surface area contributed by atoms with Gasteiger partial charge in [-0.2, -0.15) is 17.0 Å². The van der Waals surface area contributed by atoms with Crippen LogP contribution < -0.4 is 30.7 Å². The predicted molar refractivity (Wildman–Crippen MR) is 141 cm³/mol. The van der Waals surface area contributed by atoms with Crippen molar-refractivity contribution in [2.45, 2.75) is 13.5 Å². The van der Waals surface area contributed by atoms with Crippen molar-refractivity contribution in [3.8, 4) is 18.4 Å². The molecule has 1 fully saturated rings. The highest BCUT2D eigenvalue weighted by atomic mass is 32.2. The average Bonchev–Trinajstić information content (AvgIpc) is 3.17. The Kier molecular flexibility index (Phi) is 9.56. The number of nitrogens with one attached hydrogen (secondary N) is 3. The molecule has 1 aliphatic heterocycles. The van der Waals surface area contributed by atoms with Crippen molar-refractivity contribution in [2.24, 2.45) is 0 Å². The summed E-state index contributed by atoms with van der Waals surface area (Å²) >= 11 is 2.94. The third kappa shape index (κ3) is 6.99. The first kappa shape index (κ1) is 26.1. The van der Waals surface area contributed by atoms with Crippen LogP contribution in [-0.4, -0.2) is 59.0 Å². The number of nitriles is 1. The second kappa shape index (κ2) is 12.8. The van der Waals surface area contributed by atoms with E-state index in [2.05, 4.69) is 26.8 Å². The minimum atomic E-state index is -0.625. The standard InChI is InChI=1S/C24H26N6O3S2/c1-3-8-26-22(32)19(14-25)24-30(4-2)23(33)20(35-24)15-27-17-6-5-7-18(13-17)28-21(31)16-29-9-11-34-12-10-29/h1,5-7,13,15,27H,4,8-12,16H2,2H3,(H,26,32)(H,28,31)/b20-15+,24-19-. The number of nitrogens with zero attached hydrogens (tertiary/aromatic N) is 3. The third-order valence-electron chi connectivity index (χ3n) is 5.11. The summed E-state index contributed by atoms with van der Waals surface area (Å²) < 4.78 is 1.97. The van der Waals surface area contributed by atoms with Crippen molar-refractivity contribution in [3.63, 3.8) is 0 Å². The Labute approximate surface area is 211 Å². The molecule has 35 heavy (non-hydrogen) atoms. The van der Waals surface area contributed by atoms with Crippen LogP contribution in [0.1, 0.15) is 6.92 Å². The molecule has 1 saturated heterocycles. The number of hydrogen-bond donors (Lipinski definition) is 3. The van der Waals surface area contributed by atoms with Crippen molar-refractivity contribution in [1.29, 1.82) is 5.26 Å². The van der Waals surface area contributed by atoms with E-state index in [0.717, 1.165) is 35.9 Å². The van der Waals surface area contributed by atoms with Crippen LogP contribution in [0.25, 0.3) is 11.8 Å². The van der Waals surface area contributed by atoms with Crippen LogP contribution >= 0.6 is 23.1 Å². The highest BCUT2D eigenvalue weighted by Gasteiger charge is 2.15. The summed E-state index contributed by atoms with van der Waals surface area (Å²) in [5, 5.41) is 18.0. The lowest BCUT2D eigenvalue weighted by molar-refractivity contribution is -0.117. The molecule has 182 valence electrons. The van der Waals surface area contributed by atoms with Gasteiger partial charge < -0.3 is 16.0 Å². The van der Waals surface area contributed by atoms with E-state index >= 15 is 0 Å². The van der Waals surface area contributed by atoms with E-state index < -0.39 is 5.91 Å². The zero-order valence-electron chi connectivity index (χ0n) is 19.3. The number of hydrogen-bond acceptors (Lipinski definition) is 8. The normalized spacial score (nSPS) is 15.0. The quantitative estimate of drug-likeness (QED) is 0.434. The number of aromatic nitrogens is 1. The summed E-state index contributed by atoms with van der Waals surface area (Å²) in [6, 6.07) is 9.05. The van der Waals surface area contributed by atoms with Gasteiger partial charge in [0.25, 0.3) is 11.5 Å². The van der Waals surface area contributed by atoms with Crippen LogP contribution in [-0.2, 0) is 16.1 Å². The van der Waals surface area contributed by atoms with Gasteiger partial charge in [-0.1, -0.05) is 12.0 Å². The van der Waals surface area contributed by atoms with Gasteiger partial charge in [0.1, 0.15) is 15.3 Å². The van der Waals surface area contributed by atoms with Gasteiger partial charge >= 0.3 is 0 Å². The predicted octanol–water partition coefficient (Wildman–Crippen LogP) is 0.191. The van der Waals surface area contributed by atoms with E-state index in [9.17, 15) is 19.6 Å². The van der Waals surface area contributed by atoms with Crippen LogP contribution in [0.5, 0.6) is 0 Å². The molecule has 2 aromatic rings. The third-order valence-corrected chi connectivity index (χ3v) is 7.19. The molecule has 1 aliphatic rings. The van der Waals surface area contributed by atoms with Gasteiger partial charge in [0.2, 0.25) is 5.91 Å². The zero-order valence-corrected chi connectivity index (χ0v) is 20.9. The maximum atomic E-state index is 12.9. The molecule has 0 bridgehead atoms. The summed E-state index contributed by atoms with van der Waals surface area (Å²) in [4.78, 5) is 39.7.